The normalized spacial score (nSPS) is 11.0. The maximum atomic E-state index is 11.1. The van der Waals surface area contributed by atoms with Gasteiger partial charge in [-0.1, -0.05) is 49.4 Å². The molecule has 1 aromatic heterocycles. The maximum absolute atomic E-state index is 11.1. The minimum absolute atomic E-state index is 0.0769. The second kappa shape index (κ2) is 7.02. The third kappa shape index (κ3) is 3.90. The molecule has 0 aliphatic carbocycles. The van der Waals surface area contributed by atoms with Gasteiger partial charge in [0.2, 0.25) is 0 Å². The van der Waals surface area contributed by atoms with E-state index in [2.05, 4.69) is 22.4 Å². The lowest BCUT2D eigenvalue weighted by Crippen LogP contribution is -2.10. The highest BCUT2D eigenvalue weighted by Crippen LogP contribution is 2.18. The van der Waals surface area contributed by atoms with Crippen LogP contribution in [0.15, 0.2) is 30.3 Å². The van der Waals surface area contributed by atoms with Gasteiger partial charge in [0.15, 0.2) is 5.69 Å². The number of aromatic carboxylic acids is 1. The van der Waals surface area contributed by atoms with Crippen LogP contribution in [0.25, 0.3) is 0 Å². The minimum atomic E-state index is -1.01. The number of carboxylic acids is 1. The van der Waals surface area contributed by atoms with Gasteiger partial charge in [0.25, 0.3) is 0 Å². The first kappa shape index (κ1) is 15.2. The Bertz CT molecular complexity index is 591. The number of rotatable bonds is 7. The largest absolute Gasteiger partial charge is 0.476 e. The van der Waals surface area contributed by atoms with E-state index in [1.165, 1.54) is 5.56 Å². The van der Waals surface area contributed by atoms with E-state index in [4.69, 9.17) is 5.11 Å². The average Bonchev–Trinajstić information content (AvgIpc) is 2.89. The number of carboxylic acid groups (broad SMARTS) is 1. The molecule has 5 nitrogen and oxygen atoms in total. The van der Waals surface area contributed by atoms with E-state index in [9.17, 15) is 4.79 Å². The highest BCUT2D eigenvalue weighted by molar-refractivity contribution is 5.86. The number of aryl methyl sites for hydroxylation is 2. The quantitative estimate of drug-likeness (QED) is 0.794. The number of hydrogen-bond donors (Lipinski definition) is 1. The van der Waals surface area contributed by atoms with Gasteiger partial charge < -0.3 is 5.11 Å². The lowest BCUT2D eigenvalue weighted by Gasteiger charge is -2.09. The molecule has 0 spiro atoms. The molecule has 21 heavy (non-hydrogen) atoms. The van der Waals surface area contributed by atoms with Gasteiger partial charge in [-0.15, -0.1) is 5.10 Å². The molecule has 1 N–H and O–H groups in total. The Labute approximate surface area is 124 Å². The highest BCUT2D eigenvalue weighted by atomic mass is 16.4. The summed E-state index contributed by atoms with van der Waals surface area (Å²) in [6, 6.07) is 10.3. The Hall–Kier alpha value is -2.17. The molecule has 112 valence electrons. The average molecular weight is 287 g/mol. The summed E-state index contributed by atoms with van der Waals surface area (Å²) in [4.78, 5) is 11.1. The molecule has 0 atom stereocenters. The molecule has 0 radical (unpaired) electrons. The molecule has 0 aliphatic rings. The molecule has 0 unspecified atom stereocenters. The number of carbonyl (C=O) groups is 1. The van der Waals surface area contributed by atoms with Gasteiger partial charge in [0.05, 0.1) is 5.69 Å². The summed E-state index contributed by atoms with van der Waals surface area (Å²) in [5.41, 5.74) is 2.11. The molecule has 2 aromatic rings. The fourth-order valence-electron chi connectivity index (χ4n) is 2.44. The number of benzene rings is 1. The Morgan fingerprint density at radius 2 is 1.95 bits per heavy atom. The summed E-state index contributed by atoms with van der Waals surface area (Å²) in [7, 11) is 0. The van der Waals surface area contributed by atoms with Crippen molar-refractivity contribution in [2.45, 2.75) is 45.6 Å². The molecule has 1 aromatic carbocycles. The van der Waals surface area contributed by atoms with Gasteiger partial charge in [-0.2, -0.15) is 0 Å². The Balaban J connectivity index is 1.93. The lowest BCUT2D eigenvalue weighted by molar-refractivity contribution is 0.0688. The van der Waals surface area contributed by atoms with E-state index < -0.39 is 5.97 Å². The minimum Gasteiger partial charge on any atom is -0.476 e. The Morgan fingerprint density at radius 1 is 1.24 bits per heavy atom. The molecule has 2 rings (SSSR count). The van der Waals surface area contributed by atoms with Crippen molar-refractivity contribution in [3.05, 3.63) is 47.3 Å². The highest BCUT2D eigenvalue weighted by Gasteiger charge is 2.20. The topological polar surface area (TPSA) is 68.0 Å². The van der Waals surface area contributed by atoms with Crippen LogP contribution in [-0.2, 0) is 13.0 Å². The molecule has 0 amide bonds. The van der Waals surface area contributed by atoms with Gasteiger partial charge in [0, 0.05) is 6.54 Å². The predicted octanol–water partition coefficient (Wildman–Crippen LogP) is 3.12. The summed E-state index contributed by atoms with van der Waals surface area (Å²) in [5.74, 6) is -0.908. The monoisotopic (exact) mass is 287 g/mol. The smallest absolute Gasteiger partial charge is 0.358 e. The van der Waals surface area contributed by atoms with Gasteiger partial charge in [-0.05, 0) is 30.7 Å². The second-order valence-corrected chi connectivity index (χ2v) is 5.45. The van der Waals surface area contributed by atoms with Crippen LogP contribution in [0.2, 0.25) is 0 Å². The van der Waals surface area contributed by atoms with Crippen molar-refractivity contribution in [3.63, 3.8) is 0 Å². The molecule has 0 saturated heterocycles. The van der Waals surface area contributed by atoms with E-state index in [-0.39, 0.29) is 11.6 Å². The van der Waals surface area contributed by atoms with Crippen molar-refractivity contribution >= 4 is 5.97 Å². The van der Waals surface area contributed by atoms with Crippen molar-refractivity contribution in [3.8, 4) is 0 Å². The van der Waals surface area contributed by atoms with Crippen LogP contribution < -0.4 is 0 Å². The summed E-state index contributed by atoms with van der Waals surface area (Å²) in [6.45, 7) is 4.64. The van der Waals surface area contributed by atoms with Crippen LogP contribution in [0.5, 0.6) is 0 Å². The van der Waals surface area contributed by atoms with Crippen molar-refractivity contribution in [2.24, 2.45) is 0 Å². The van der Waals surface area contributed by atoms with Crippen LogP contribution in [0.3, 0.4) is 0 Å². The maximum Gasteiger partial charge on any atom is 0.358 e. The van der Waals surface area contributed by atoms with Crippen LogP contribution in [0.1, 0.15) is 54.4 Å². The molecular weight excluding hydrogens is 266 g/mol. The number of aromatic nitrogens is 3. The molecule has 0 fully saturated rings. The number of hydrogen-bond acceptors (Lipinski definition) is 3. The third-order valence-corrected chi connectivity index (χ3v) is 3.45. The second-order valence-electron chi connectivity index (χ2n) is 5.45. The molecule has 0 aliphatic heterocycles. The van der Waals surface area contributed by atoms with E-state index >= 15 is 0 Å². The zero-order valence-corrected chi connectivity index (χ0v) is 12.5. The van der Waals surface area contributed by atoms with Crippen LogP contribution in [0, 0.1) is 0 Å². The number of unbranched alkanes of at least 4 members (excludes halogenated alkanes) is 1. The Kier molecular flexibility index (Phi) is 5.09. The summed E-state index contributed by atoms with van der Waals surface area (Å²) >= 11 is 0. The number of nitrogens with zero attached hydrogens (tertiary/aromatic N) is 3. The van der Waals surface area contributed by atoms with Crippen molar-refractivity contribution in [1.82, 2.24) is 15.0 Å². The predicted molar refractivity (Wildman–Crippen MR) is 80.5 cm³/mol. The summed E-state index contributed by atoms with van der Waals surface area (Å²) in [6.07, 6.45) is 3.03. The SMILES string of the molecule is CC(C)c1c(C(=O)O)nnn1CCCCc1ccccc1. The van der Waals surface area contributed by atoms with E-state index in [0.29, 0.717) is 12.2 Å². The summed E-state index contributed by atoms with van der Waals surface area (Å²) in [5, 5.41) is 16.9. The first-order valence-corrected chi connectivity index (χ1v) is 7.30. The molecule has 5 heteroatoms. The molecule has 1 heterocycles. The molecule has 0 saturated carbocycles. The fourth-order valence-corrected chi connectivity index (χ4v) is 2.44. The fraction of sp³-hybridized carbons (Fsp3) is 0.438. The zero-order chi connectivity index (χ0) is 15.2. The first-order chi connectivity index (χ1) is 10.1. The van der Waals surface area contributed by atoms with Gasteiger partial charge in [0.1, 0.15) is 0 Å². The van der Waals surface area contributed by atoms with Gasteiger partial charge >= 0.3 is 5.97 Å². The standard InChI is InChI=1S/C16H21N3O2/c1-12(2)15-14(16(20)21)17-18-19(15)11-7-6-10-13-8-4-3-5-9-13/h3-5,8-9,12H,6-7,10-11H2,1-2H3,(H,20,21). The van der Waals surface area contributed by atoms with Crippen LogP contribution in [0.4, 0.5) is 0 Å². The van der Waals surface area contributed by atoms with Gasteiger partial charge in [-0.25, -0.2) is 9.48 Å². The molecular formula is C16H21N3O2. The van der Waals surface area contributed by atoms with E-state index in [1.807, 2.05) is 32.0 Å². The summed E-state index contributed by atoms with van der Waals surface area (Å²) < 4.78 is 1.74. The van der Waals surface area contributed by atoms with Crippen LogP contribution in [-0.4, -0.2) is 26.1 Å². The lowest BCUT2D eigenvalue weighted by atomic mass is 10.1. The third-order valence-electron chi connectivity index (χ3n) is 3.45. The molecule has 0 bridgehead atoms. The van der Waals surface area contributed by atoms with Crippen LogP contribution >= 0.6 is 0 Å². The van der Waals surface area contributed by atoms with Crippen molar-refractivity contribution in [2.75, 3.05) is 0 Å². The van der Waals surface area contributed by atoms with E-state index in [1.54, 1.807) is 4.68 Å². The van der Waals surface area contributed by atoms with E-state index in [0.717, 1.165) is 19.3 Å². The van der Waals surface area contributed by atoms with Crippen molar-refractivity contribution in [1.29, 1.82) is 0 Å². The Morgan fingerprint density at radius 3 is 2.57 bits per heavy atom. The first-order valence-electron chi connectivity index (χ1n) is 7.30. The van der Waals surface area contributed by atoms with Gasteiger partial charge in [-0.3, -0.25) is 0 Å². The van der Waals surface area contributed by atoms with Crippen molar-refractivity contribution < 1.29 is 9.90 Å². The zero-order valence-electron chi connectivity index (χ0n) is 12.5.